The van der Waals surface area contributed by atoms with Crippen LogP contribution >= 0.6 is 0 Å². The number of halogens is 5. The Labute approximate surface area is 312 Å². The lowest BCUT2D eigenvalue weighted by Crippen LogP contribution is -2.41. The van der Waals surface area contributed by atoms with Gasteiger partial charge in [0.25, 0.3) is 11.5 Å². The number of amides is 1. The van der Waals surface area contributed by atoms with Gasteiger partial charge in [0.05, 0.1) is 18.0 Å². The maximum Gasteiger partial charge on any atom is 0.416 e. The Hall–Kier alpha value is -4.06. The molecule has 292 valence electrons. The fourth-order valence-electron chi connectivity index (χ4n) is 8.83. The number of carboxylic acid groups (broad SMARTS) is 1. The second-order valence-corrected chi connectivity index (χ2v) is 16.3. The third kappa shape index (κ3) is 8.58. The molecule has 2 heterocycles. The number of carbonyl (C=O) groups excluding carboxylic acids is 1. The van der Waals surface area contributed by atoms with Crippen molar-refractivity contribution in [3.8, 4) is 11.1 Å². The summed E-state index contributed by atoms with van der Waals surface area (Å²) in [6.45, 7) is 10.7. The fraction of sp³-hybridized carbons (Fsp3) is 0.548. The summed E-state index contributed by atoms with van der Waals surface area (Å²) in [4.78, 5) is 42.0. The van der Waals surface area contributed by atoms with Crippen LogP contribution in [0.4, 0.5) is 22.0 Å². The molecule has 1 aromatic heterocycles. The van der Waals surface area contributed by atoms with Crippen molar-refractivity contribution in [3.05, 3.63) is 91.4 Å². The second-order valence-electron chi connectivity index (χ2n) is 16.3. The van der Waals surface area contributed by atoms with E-state index in [0.717, 1.165) is 63.4 Å². The van der Waals surface area contributed by atoms with Gasteiger partial charge in [-0.2, -0.15) is 13.2 Å². The highest BCUT2D eigenvalue weighted by Gasteiger charge is 2.57. The molecule has 1 unspecified atom stereocenters. The highest BCUT2D eigenvalue weighted by Crippen LogP contribution is 2.49. The van der Waals surface area contributed by atoms with Gasteiger partial charge < -0.3 is 19.9 Å². The summed E-state index contributed by atoms with van der Waals surface area (Å²) < 4.78 is 71.6. The number of likely N-dealkylation sites (tertiary alicyclic amines) is 1. The minimum absolute atomic E-state index is 0.103. The van der Waals surface area contributed by atoms with Gasteiger partial charge in [-0.15, -0.1) is 0 Å². The van der Waals surface area contributed by atoms with Crippen LogP contribution in [-0.2, 0) is 28.6 Å². The van der Waals surface area contributed by atoms with Crippen LogP contribution in [0.2, 0.25) is 0 Å². The van der Waals surface area contributed by atoms with Gasteiger partial charge in [0.15, 0.2) is 0 Å². The highest BCUT2D eigenvalue weighted by atomic mass is 19.4. The summed E-state index contributed by atoms with van der Waals surface area (Å²) in [5.74, 6) is -5.98. The minimum Gasteiger partial charge on any atom is -0.481 e. The third-order valence-corrected chi connectivity index (χ3v) is 11.5. The molecule has 0 radical (unpaired) electrons. The second kappa shape index (κ2) is 15.2. The van der Waals surface area contributed by atoms with Gasteiger partial charge in [-0.05, 0) is 135 Å². The average Bonchev–Trinajstić information content (AvgIpc) is 3.41. The lowest BCUT2D eigenvalue weighted by Gasteiger charge is -2.34. The molecule has 2 fully saturated rings. The number of nitrogens with one attached hydrogen (secondary N) is 1. The number of pyridine rings is 1. The molecule has 1 saturated carbocycles. The molecule has 3 aliphatic rings. The van der Waals surface area contributed by atoms with E-state index in [1.165, 1.54) is 5.56 Å². The zero-order chi connectivity index (χ0) is 39.3. The number of hydrogen-bond donors (Lipinski definition) is 2. The Morgan fingerprint density at radius 3 is 2.22 bits per heavy atom. The van der Waals surface area contributed by atoms with Gasteiger partial charge in [-0.3, -0.25) is 14.4 Å². The van der Waals surface area contributed by atoms with Gasteiger partial charge in [-0.1, -0.05) is 37.6 Å². The van der Waals surface area contributed by atoms with E-state index in [2.05, 4.69) is 17.4 Å². The average molecular weight is 756 g/mol. The van der Waals surface area contributed by atoms with Crippen LogP contribution in [0.25, 0.3) is 11.1 Å². The largest absolute Gasteiger partial charge is 0.481 e. The molecule has 6 rings (SSSR count). The zero-order valence-corrected chi connectivity index (χ0v) is 31.6. The number of carbonyl (C=O) groups is 2. The summed E-state index contributed by atoms with van der Waals surface area (Å²) in [5.41, 5.74) is 6.12. The number of aliphatic carboxylic acids is 1. The smallest absolute Gasteiger partial charge is 0.416 e. The maximum atomic E-state index is 14.5. The highest BCUT2D eigenvalue weighted by molar-refractivity contribution is 5.82. The molecule has 1 amide bonds. The molecule has 2 aromatic carbocycles. The van der Waals surface area contributed by atoms with Gasteiger partial charge in [0.1, 0.15) is 6.04 Å². The number of rotatable bonds is 12. The molecule has 3 aromatic rings. The summed E-state index contributed by atoms with van der Waals surface area (Å²) in [6.07, 6.45) is -0.996. The van der Waals surface area contributed by atoms with Crippen LogP contribution < -0.4 is 10.9 Å². The number of carboxylic acids is 1. The van der Waals surface area contributed by atoms with Crippen molar-refractivity contribution >= 4 is 11.9 Å². The van der Waals surface area contributed by atoms with Crippen LogP contribution in [0.3, 0.4) is 0 Å². The Morgan fingerprint density at radius 1 is 1.00 bits per heavy atom. The molecule has 2 aliphatic carbocycles. The number of hydrogen-bond acceptors (Lipinski definition) is 4. The quantitative estimate of drug-likeness (QED) is 0.181. The first-order chi connectivity index (χ1) is 25.3. The number of alkyl halides is 5. The monoisotopic (exact) mass is 755 g/mol. The number of fused-ring (bicyclic) bond motifs is 1. The summed E-state index contributed by atoms with van der Waals surface area (Å²) >= 11 is 0. The summed E-state index contributed by atoms with van der Waals surface area (Å²) in [6, 6.07) is 6.49. The van der Waals surface area contributed by atoms with Crippen molar-refractivity contribution < 1.29 is 36.6 Å². The van der Waals surface area contributed by atoms with Crippen molar-refractivity contribution in [3.63, 3.8) is 0 Å². The normalized spacial score (nSPS) is 19.8. The lowest BCUT2D eigenvalue weighted by atomic mass is 9.86. The first-order valence-electron chi connectivity index (χ1n) is 19.0. The Bertz CT molecular complexity index is 1960. The van der Waals surface area contributed by atoms with Gasteiger partial charge in [0, 0.05) is 31.1 Å². The van der Waals surface area contributed by atoms with E-state index in [1.807, 2.05) is 51.7 Å². The lowest BCUT2D eigenvalue weighted by molar-refractivity contribution is -0.139. The van der Waals surface area contributed by atoms with Crippen molar-refractivity contribution in [2.24, 2.45) is 11.8 Å². The predicted molar refractivity (Wildman–Crippen MR) is 197 cm³/mol. The molecule has 12 heteroatoms. The zero-order valence-electron chi connectivity index (χ0n) is 31.6. The van der Waals surface area contributed by atoms with Crippen LogP contribution in [-0.4, -0.2) is 52.0 Å². The van der Waals surface area contributed by atoms with Crippen molar-refractivity contribution in [2.75, 3.05) is 19.6 Å². The van der Waals surface area contributed by atoms with E-state index in [-0.39, 0.29) is 43.7 Å². The number of nitrogens with zero attached hydrogens (tertiary/aromatic N) is 2. The van der Waals surface area contributed by atoms with E-state index < -0.39 is 65.4 Å². The molecule has 54 heavy (non-hydrogen) atoms. The van der Waals surface area contributed by atoms with Crippen LogP contribution in [0.15, 0.2) is 41.3 Å². The molecule has 1 aliphatic heterocycles. The van der Waals surface area contributed by atoms with Gasteiger partial charge >= 0.3 is 12.1 Å². The number of aryl methyl sites for hydroxylation is 4. The molecule has 1 saturated heterocycles. The number of aromatic nitrogens is 1. The topological polar surface area (TPSA) is 91.6 Å². The Balaban J connectivity index is 1.34. The molecular weight excluding hydrogens is 705 g/mol. The van der Waals surface area contributed by atoms with Crippen LogP contribution in [0.1, 0.15) is 115 Å². The predicted octanol–water partition coefficient (Wildman–Crippen LogP) is 8.70. The van der Waals surface area contributed by atoms with E-state index in [9.17, 15) is 41.4 Å². The van der Waals surface area contributed by atoms with E-state index >= 15 is 0 Å². The van der Waals surface area contributed by atoms with Crippen LogP contribution in [0, 0.1) is 32.6 Å². The van der Waals surface area contributed by atoms with Crippen LogP contribution in [0.5, 0.6) is 0 Å². The first kappa shape index (κ1) is 39.6. The van der Waals surface area contributed by atoms with E-state index in [4.69, 9.17) is 0 Å². The Morgan fingerprint density at radius 2 is 1.65 bits per heavy atom. The Kier molecular flexibility index (Phi) is 11.2. The standard InChI is InChI=1S/C42H50F5N3O4/c1-23(2)13-36(50-22-33(34(18-37(50)51)42(45,46)47)27-9-11-49(12-10-27)21-30-20-41(30,43)44)40(54)48-35(19-38(52)53)29-16-28-7-6-8-31(28)32(17-29)39-25(4)14-24(3)15-26(39)5/h14-18,22-23,27,30,35-36H,6-13,19-21H2,1-5H3,(H,48,54)(H,52,53)/t30?,35-,36+/m1/s1. The van der Waals surface area contributed by atoms with Gasteiger partial charge in [0.2, 0.25) is 5.91 Å². The molecular formula is C42H50F5N3O4. The van der Waals surface area contributed by atoms with Crippen molar-refractivity contribution in [2.45, 2.75) is 116 Å². The fourth-order valence-corrected chi connectivity index (χ4v) is 8.83. The van der Waals surface area contributed by atoms with Crippen molar-refractivity contribution in [1.82, 2.24) is 14.8 Å². The molecule has 0 bridgehead atoms. The van der Waals surface area contributed by atoms with E-state index in [1.54, 1.807) is 0 Å². The number of piperidine rings is 1. The SMILES string of the molecule is Cc1cc(C)c(-c2cc([C@@H](CC(=O)O)NC(=O)[C@H](CC(C)C)n3cc(C4CCN(CC5CC5(F)F)CC4)c(C(F)(F)F)cc3=O)cc3c2CCC3)c(C)c1. The third-order valence-electron chi connectivity index (χ3n) is 11.5. The maximum absolute atomic E-state index is 14.5. The summed E-state index contributed by atoms with van der Waals surface area (Å²) in [5, 5.41) is 12.9. The molecule has 2 N–H and O–H groups in total. The first-order valence-corrected chi connectivity index (χ1v) is 19.0. The van der Waals surface area contributed by atoms with E-state index in [0.29, 0.717) is 24.7 Å². The molecule has 7 nitrogen and oxygen atoms in total. The molecule has 0 spiro atoms. The minimum atomic E-state index is -4.83. The van der Waals surface area contributed by atoms with Crippen molar-refractivity contribution in [1.29, 1.82) is 0 Å². The molecule has 3 atom stereocenters. The van der Waals surface area contributed by atoms with Gasteiger partial charge in [-0.25, -0.2) is 8.78 Å². The summed E-state index contributed by atoms with van der Waals surface area (Å²) in [7, 11) is 0. The number of benzene rings is 2.